The summed E-state index contributed by atoms with van der Waals surface area (Å²) in [6, 6.07) is -3.50. The molecular formula is C96H180N2O22P-. The lowest BCUT2D eigenvalue weighted by atomic mass is 9.95. The largest absolute Gasteiger partial charge is 0.756 e. The van der Waals surface area contributed by atoms with E-state index >= 15 is 4.79 Å². The second-order valence-corrected chi connectivity index (χ2v) is 36.8. The maximum absolute atomic E-state index is 15.1. The van der Waals surface area contributed by atoms with Gasteiger partial charge in [0, 0.05) is 12.8 Å². The molecule has 15 atom stereocenters. The van der Waals surface area contributed by atoms with Crippen molar-refractivity contribution in [3.8, 4) is 0 Å². The van der Waals surface area contributed by atoms with E-state index in [0.29, 0.717) is 44.9 Å². The number of carbonyl (C=O) groups is 6. The van der Waals surface area contributed by atoms with Gasteiger partial charge < -0.3 is 83.6 Å². The minimum atomic E-state index is -5.87. The molecule has 0 aromatic rings. The Morgan fingerprint density at radius 2 is 0.669 bits per heavy atom. The van der Waals surface area contributed by atoms with Gasteiger partial charge in [0.05, 0.1) is 51.1 Å². The highest BCUT2D eigenvalue weighted by Crippen LogP contribution is 2.40. The number of rotatable bonds is 84. The first-order chi connectivity index (χ1) is 58.6. The van der Waals surface area contributed by atoms with Crippen LogP contribution in [0.15, 0.2) is 0 Å². The Labute approximate surface area is 733 Å². The second-order valence-electron chi connectivity index (χ2n) is 35.6. The lowest BCUT2D eigenvalue weighted by Crippen LogP contribution is -2.68. The monoisotopic (exact) mass is 1740 g/mol. The molecule has 5 unspecified atom stereocenters. The molecule has 0 aliphatic carbocycles. The molecule has 24 nitrogen and oxygen atoms in total. The molecule has 25 heteroatoms. The fourth-order valence-electron chi connectivity index (χ4n) is 16.7. The number of unbranched alkanes of at least 4 members (excludes halogenated alkanes) is 52. The van der Waals surface area contributed by atoms with Crippen LogP contribution in [0.25, 0.3) is 0 Å². The van der Waals surface area contributed by atoms with Crippen molar-refractivity contribution in [2.24, 2.45) is 0 Å². The van der Waals surface area contributed by atoms with Gasteiger partial charge in [-0.05, 0) is 51.4 Å². The Morgan fingerprint density at radius 3 is 1.03 bits per heavy atom. The van der Waals surface area contributed by atoms with Gasteiger partial charge in [-0.1, -0.05) is 388 Å². The average molecular weight is 1750 g/mol. The number of nitrogens with one attached hydrogen (secondary N) is 2. The summed E-state index contributed by atoms with van der Waals surface area (Å²) in [5.74, 6) is -4.61. The Bertz CT molecular complexity index is 2550. The van der Waals surface area contributed by atoms with Crippen LogP contribution in [0.4, 0.5) is 0 Å². The van der Waals surface area contributed by atoms with Gasteiger partial charge >= 0.3 is 23.9 Å². The number of carbonyl (C=O) groups excluding carboxylic acids is 6. The highest BCUT2D eigenvalue weighted by molar-refractivity contribution is 7.44. The van der Waals surface area contributed by atoms with Crippen molar-refractivity contribution >= 4 is 43.5 Å². The molecule has 0 saturated carbocycles. The van der Waals surface area contributed by atoms with Gasteiger partial charge in [-0.15, -0.1) is 0 Å². The van der Waals surface area contributed by atoms with Gasteiger partial charge in [0.15, 0.2) is 24.8 Å². The molecule has 2 rings (SSSR count). The average Bonchev–Trinajstić information content (AvgIpc) is 0.777. The highest BCUT2D eigenvalue weighted by Gasteiger charge is 2.53. The van der Waals surface area contributed by atoms with Gasteiger partial charge in [0.25, 0.3) is 7.82 Å². The summed E-state index contributed by atoms with van der Waals surface area (Å²) in [5.41, 5.74) is 0. The zero-order valence-corrected chi connectivity index (χ0v) is 78.1. The van der Waals surface area contributed by atoms with Crippen molar-refractivity contribution in [2.75, 3.05) is 13.2 Å². The van der Waals surface area contributed by atoms with E-state index < -0.39 is 168 Å². The van der Waals surface area contributed by atoms with Gasteiger partial charge in [0.2, 0.25) is 11.8 Å². The topological polar surface area (TPSA) is 362 Å². The van der Waals surface area contributed by atoms with Crippen LogP contribution >= 0.6 is 7.82 Å². The van der Waals surface area contributed by atoms with Gasteiger partial charge in [-0.2, -0.15) is 0 Å². The Balaban J connectivity index is 2.73. The zero-order valence-electron chi connectivity index (χ0n) is 77.2. The third-order valence-corrected chi connectivity index (χ3v) is 24.6. The second kappa shape index (κ2) is 76.6. The van der Waals surface area contributed by atoms with Gasteiger partial charge in [-0.3, -0.25) is 33.3 Å². The van der Waals surface area contributed by atoms with Crippen molar-refractivity contribution in [2.45, 2.75) is 564 Å². The molecule has 0 bridgehead atoms. The minimum absolute atomic E-state index is 0.104. The summed E-state index contributed by atoms with van der Waals surface area (Å²) in [5, 5.41) is 63.2. The lowest BCUT2D eigenvalue weighted by molar-refractivity contribution is -0.304. The van der Waals surface area contributed by atoms with Crippen molar-refractivity contribution < 1.29 is 106 Å². The van der Waals surface area contributed by atoms with Crippen LogP contribution < -0.4 is 15.5 Å². The lowest BCUT2D eigenvalue weighted by Gasteiger charge is -2.47. The van der Waals surface area contributed by atoms with Crippen molar-refractivity contribution in [3.05, 3.63) is 0 Å². The van der Waals surface area contributed by atoms with E-state index in [1.165, 1.54) is 122 Å². The number of phosphoric ester groups is 1. The molecular weight excluding hydrogens is 1560 g/mol. The van der Waals surface area contributed by atoms with Crippen LogP contribution in [0, 0.1) is 0 Å². The number of hydrogen-bond acceptors (Lipinski definition) is 21. The smallest absolute Gasteiger partial charge is 0.310 e. The Morgan fingerprint density at radius 1 is 0.364 bits per heavy atom. The first-order valence-corrected chi connectivity index (χ1v) is 51.5. The molecule has 2 fully saturated rings. The summed E-state index contributed by atoms with van der Waals surface area (Å²) >= 11 is 0. The number of phosphoric acid groups is 1. The van der Waals surface area contributed by atoms with Gasteiger partial charge in [-0.25, -0.2) is 0 Å². The first-order valence-electron chi connectivity index (χ1n) is 50.0. The molecule has 121 heavy (non-hydrogen) atoms. The molecule has 0 aromatic heterocycles. The molecule has 8 N–H and O–H groups in total. The quantitative estimate of drug-likeness (QED) is 0.0121. The fourth-order valence-corrected chi connectivity index (χ4v) is 17.3. The molecule has 2 aliphatic heterocycles. The maximum Gasteiger partial charge on any atom is 0.310 e. The molecule has 2 aliphatic rings. The van der Waals surface area contributed by atoms with Crippen LogP contribution in [0.3, 0.4) is 0 Å². The van der Waals surface area contributed by atoms with E-state index in [1.54, 1.807) is 0 Å². The van der Waals surface area contributed by atoms with Crippen LogP contribution in [-0.4, -0.2) is 165 Å². The Kier molecular flexibility index (Phi) is 72.0. The van der Waals surface area contributed by atoms with Crippen molar-refractivity contribution in [1.82, 2.24) is 10.6 Å². The van der Waals surface area contributed by atoms with E-state index in [-0.39, 0.29) is 32.1 Å². The molecule has 0 aromatic carbocycles. The van der Waals surface area contributed by atoms with E-state index in [1.807, 2.05) is 0 Å². The number of amides is 2. The number of ether oxygens (including phenoxy) is 7. The van der Waals surface area contributed by atoms with Crippen LogP contribution in [0.5, 0.6) is 0 Å². The summed E-state index contributed by atoms with van der Waals surface area (Å²) in [6.45, 7) is 11.2. The maximum atomic E-state index is 15.1. The SMILES string of the molecule is CCCCCCCCCCCCCC(=O)O[C@H](CCCCCCCCCCC)CC(=O)NC1[C@H](OCC2O[C@H](O)C(NC(=O)C[C@H](O)CCCCCCCCCCC)[C@@H](OC(=O)C[C@H](O)CCCCCCCCCCC)[C@@H]2O)OC(CO)[C@@H](OP(=O)([O-])O)[C@@H]1OC(=O)C[C@@H](CCCCCCCCCCC)OC(=O)CCCCCCCCCCCCC. The number of aliphatic hydroxyl groups is 5. The van der Waals surface area contributed by atoms with Crippen molar-refractivity contribution in [1.29, 1.82) is 0 Å². The normalized spacial score (nSPS) is 20.8. The van der Waals surface area contributed by atoms with E-state index in [4.69, 9.17) is 37.7 Å². The molecule has 0 radical (unpaired) electrons. The predicted octanol–water partition coefficient (Wildman–Crippen LogP) is 20.6. The number of aliphatic hydroxyl groups excluding tert-OH is 5. The van der Waals surface area contributed by atoms with Crippen molar-refractivity contribution in [3.63, 3.8) is 0 Å². The number of esters is 4. The summed E-state index contributed by atoms with van der Waals surface area (Å²) in [6.07, 6.45) is 40.2. The fraction of sp³-hybridized carbons (Fsp3) is 0.938. The standard InChI is InChI=1S/C96H181N2O22P/c1-7-13-19-25-31-37-39-45-51-57-63-69-85(104)114-79(67-61-55-49-43-35-29-23-17-11-5)73-84(103)98-90-94(119-88(107)74-80(68-62-56-50-44-36-30-24-18-12-6)115-86(105)70-64-58-52-46-40-38-32-26-20-14-8-2)92(120-121(110,111)112)81(75-99)117-96(90)113-76-82-91(108)93(118-87(106)72-78(101)66-60-54-48-42-34-28-22-16-10-4)89(95(109)116-82)97-83(102)71-77(100)65-59-53-47-41-33-27-21-15-9-3/h77-82,89-96,99-101,108-109H,7-76H2,1-6H3,(H,97,102)(H,98,103)(H2,110,111,112)/p-1/t77-,78-,79-,80-,81?,82?,89?,90?,91-,92-,93-,94-,95+,96-/m1/s1. The molecule has 2 amide bonds. The predicted molar refractivity (Wildman–Crippen MR) is 477 cm³/mol. The van der Waals surface area contributed by atoms with Crippen LogP contribution in [-0.2, 0) is 71.0 Å². The first kappa shape index (κ1) is 114. The number of hydrogen-bond donors (Lipinski definition) is 8. The summed E-state index contributed by atoms with van der Waals surface area (Å²) in [4.78, 5) is 109. The summed E-state index contributed by atoms with van der Waals surface area (Å²) in [7, 11) is -5.87. The minimum Gasteiger partial charge on any atom is -0.756 e. The molecule has 2 saturated heterocycles. The molecule has 0 spiro atoms. The molecule has 712 valence electrons. The molecule has 2 heterocycles. The summed E-state index contributed by atoms with van der Waals surface area (Å²) < 4.78 is 61.5. The third-order valence-electron chi connectivity index (χ3n) is 24.1. The van der Waals surface area contributed by atoms with Crippen LogP contribution in [0.1, 0.15) is 478 Å². The zero-order chi connectivity index (χ0) is 88.6. The van der Waals surface area contributed by atoms with E-state index in [2.05, 4.69) is 52.2 Å². The van der Waals surface area contributed by atoms with Gasteiger partial charge in [0.1, 0.15) is 48.7 Å². The van der Waals surface area contributed by atoms with Crippen LogP contribution in [0.2, 0.25) is 0 Å². The Hall–Kier alpha value is -3.39. The van der Waals surface area contributed by atoms with E-state index in [9.17, 15) is 63.9 Å². The van der Waals surface area contributed by atoms with E-state index in [0.717, 1.165) is 212 Å². The highest BCUT2D eigenvalue weighted by atomic mass is 31.2. The third kappa shape index (κ3) is 60.9.